The molecule has 4 N–H and O–H groups in total. The molecule has 1 saturated heterocycles. The minimum atomic E-state index is -3.86. The summed E-state index contributed by atoms with van der Waals surface area (Å²) in [6.07, 6.45) is 1.31. The lowest BCUT2D eigenvalue weighted by Gasteiger charge is -2.33. The van der Waals surface area contributed by atoms with Gasteiger partial charge in [-0.3, -0.25) is 4.79 Å². The molecule has 10 nitrogen and oxygen atoms in total. The van der Waals surface area contributed by atoms with Gasteiger partial charge in [0.05, 0.1) is 0 Å². The van der Waals surface area contributed by atoms with E-state index < -0.39 is 21.9 Å². The van der Waals surface area contributed by atoms with Gasteiger partial charge in [0.2, 0.25) is 5.75 Å². The minimum absolute atomic E-state index is 0.156. The van der Waals surface area contributed by atoms with Crippen LogP contribution in [0.2, 0.25) is 0 Å². The van der Waals surface area contributed by atoms with E-state index in [1.807, 2.05) is 4.90 Å². The van der Waals surface area contributed by atoms with Gasteiger partial charge in [-0.15, -0.1) is 11.6 Å². The smallest absolute Gasteiger partial charge is 0.274 e. The fourth-order valence-electron chi connectivity index (χ4n) is 2.88. The summed E-state index contributed by atoms with van der Waals surface area (Å²) >= 11 is 5.97. The zero-order valence-corrected chi connectivity index (χ0v) is 15.3. The fourth-order valence-corrected chi connectivity index (χ4v) is 3.88. The van der Waals surface area contributed by atoms with E-state index in [9.17, 15) is 13.2 Å². The van der Waals surface area contributed by atoms with E-state index in [1.165, 1.54) is 6.33 Å². The highest BCUT2D eigenvalue weighted by Crippen LogP contribution is 2.40. The van der Waals surface area contributed by atoms with Crippen molar-refractivity contribution in [2.75, 3.05) is 29.2 Å². The van der Waals surface area contributed by atoms with Crippen molar-refractivity contribution in [3.05, 3.63) is 6.33 Å². The molecular formula is C13H19ClN6O4S. The predicted octanol–water partition coefficient (Wildman–Crippen LogP) is -0.577. The summed E-state index contributed by atoms with van der Waals surface area (Å²) in [6.45, 7) is 4.05. The highest BCUT2D eigenvalue weighted by molar-refractivity contribution is 7.87. The van der Waals surface area contributed by atoms with Crippen LogP contribution >= 0.6 is 11.6 Å². The summed E-state index contributed by atoms with van der Waals surface area (Å²) in [5.74, 6) is 0.874. The zero-order chi connectivity index (χ0) is 18.4. The Morgan fingerprint density at radius 2 is 2.20 bits per heavy atom. The molecule has 1 aromatic rings. The molecule has 25 heavy (non-hydrogen) atoms. The van der Waals surface area contributed by atoms with Gasteiger partial charge in [-0.1, -0.05) is 0 Å². The van der Waals surface area contributed by atoms with Crippen molar-refractivity contribution in [3.63, 3.8) is 0 Å². The molecule has 3 heterocycles. The summed E-state index contributed by atoms with van der Waals surface area (Å²) in [5, 5.41) is 7.77. The van der Waals surface area contributed by atoms with Crippen LogP contribution in [0.25, 0.3) is 0 Å². The van der Waals surface area contributed by atoms with Crippen LogP contribution in [0.4, 0.5) is 11.6 Å². The van der Waals surface area contributed by atoms with Crippen LogP contribution in [-0.4, -0.2) is 54.9 Å². The number of nitrogens with one attached hydrogen (secondary N) is 2. The number of halogens is 1. The predicted molar refractivity (Wildman–Crippen MR) is 91.8 cm³/mol. The van der Waals surface area contributed by atoms with Crippen LogP contribution < -0.4 is 24.8 Å². The summed E-state index contributed by atoms with van der Waals surface area (Å²) < 4.78 is 30.9. The van der Waals surface area contributed by atoms with E-state index >= 15 is 0 Å². The molecule has 1 amide bonds. The molecule has 0 saturated carbocycles. The SMILES string of the molecule is CC1(C)Oc2c(ncnc2N2CC(CCl)C(NS(N)(=O)=O)C2)NC1=O. The lowest BCUT2D eigenvalue weighted by Crippen LogP contribution is -2.46. The Bertz CT molecular complexity index is 802. The Morgan fingerprint density at radius 3 is 2.84 bits per heavy atom. The largest absolute Gasteiger partial charge is 0.470 e. The standard InChI is InChI=1S/C13H19ClN6O4S/c1-13(2)12(21)18-10-9(24-13)11(17-6-16-10)20-4-7(3-14)8(5-20)19-25(15,22)23/h6-8,19H,3-5H2,1-2H3,(H2,15,22,23)(H,16,17,18,21). The van der Waals surface area contributed by atoms with E-state index in [0.717, 1.165) is 0 Å². The van der Waals surface area contributed by atoms with Gasteiger partial charge < -0.3 is 15.0 Å². The number of carbonyl (C=O) groups excluding carboxylic acids is 1. The summed E-state index contributed by atoms with van der Waals surface area (Å²) in [5.41, 5.74) is -1.07. The molecule has 1 fully saturated rings. The number of nitrogens with zero attached hydrogens (tertiary/aromatic N) is 3. The van der Waals surface area contributed by atoms with Crippen LogP contribution in [0.5, 0.6) is 5.75 Å². The number of carbonyl (C=O) groups is 1. The molecule has 0 aromatic carbocycles. The quantitative estimate of drug-likeness (QED) is 0.584. The number of amides is 1. The molecule has 2 unspecified atom stereocenters. The Hall–Kier alpha value is -1.69. The van der Waals surface area contributed by atoms with Crippen molar-refractivity contribution >= 4 is 39.4 Å². The van der Waals surface area contributed by atoms with E-state index in [2.05, 4.69) is 20.0 Å². The maximum absolute atomic E-state index is 12.0. The molecule has 12 heteroatoms. The van der Waals surface area contributed by atoms with Gasteiger partial charge in [0.25, 0.3) is 16.1 Å². The first-order chi connectivity index (χ1) is 11.6. The number of anilines is 2. The third-order valence-corrected chi connectivity index (χ3v) is 5.20. The van der Waals surface area contributed by atoms with Crippen LogP contribution in [-0.2, 0) is 15.0 Å². The van der Waals surface area contributed by atoms with Gasteiger partial charge in [0.15, 0.2) is 17.2 Å². The van der Waals surface area contributed by atoms with Crippen molar-refractivity contribution in [1.29, 1.82) is 0 Å². The molecule has 0 spiro atoms. The average Bonchev–Trinajstić information content (AvgIpc) is 2.88. The Labute approximate surface area is 150 Å². The van der Waals surface area contributed by atoms with Crippen molar-refractivity contribution in [2.45, 2.75) is 25.5 Å². The van der Waals surface area contributed by atoms with Crippen LogP contribution in [0.1, 0.15) is 13.8 Å². The lowest BCUT2D eigenvalue weighted by molar-refractivity contribution is -0.129. The highest BCUT2D eigenvalue weighted by Gasteiger charge is 2.41. The zero-order valence-electron chi connectivity index (χ0n) is 13.7. The molecule has 1 aromatic heterocycles. The van der Waals surface area contributed by atoms with Crippen molar-refractivity contribution in [1.82, 2.24) is 14.7 Å². The van der Waals surface area contributed by atoms with Crippen molar-refractivity contribution < 1.29 is 17.9 Å². The van der Waals surface area contributed by atoms with Crippen molar-refractivity contribution in [2.24, 2.45) is 11.1 Å². The normalized spacial score (nSPS) is 25.3. The van der Waals surface area contributed by atoms with Gasteiger partial charge in [0.1, 0.15) is 6.33 Å². The van der Waals surface area contributed by atoms with Gasteiger partial charge in [0, 0.05) is 30.9 Å². The number of aromatic nitrogens is 2. The number of alkyl halides is 1. The van der Waals surface area contributed by atoms with Crippen molar-refractivity contribution in [3.8, 4) is 5.75 Å². The Morgan fingerprint density at radius 1 is 1.48 bits per heavy atom. The van der Waals surface area contributed by atoms with E-state index in [0.29, 0.717) is 24.7 Å². The second-order valence-corrected chi connectivity index (χ2v) is 8.16. The lowest BCUT2D eigenvalue weighted by atomic mass is 10.1. The Kier molecular flexibility index (Phi) is 4.52. The average molecular weight is 391 g/mol. The second kappa shape index (κ2) is 6.24. The third kappa shape index (κ3) is 3.64. The minimum Gasteiger partial charge on any atom is -0.470 e. The first-order valence-corrected chi connectivity index (χ1v) is 9.65. The monoisotopic (exact) mass is 390 g/mol. The highest BCUT2D eigenvalue weighted by atomic mass is 35.5. The van der Waals surface area contributed by atoms with Gasteiger partial charge in [-0.05, 0) is 13.8 Å². The number of rotatable bonds is 4. The summed E-state index contributed by atoms with van der Waals surface area (Å²) in [7, 11) is -3.86. The number of nitrogens with two attached hydrogens (primary N) is 1. The fraction of sp³-hybridized carbons (Fsp3) is 0.615. The number of hydrogen-bond donors (Lipinski definition) is 3. The Balaban J connectivity index is 1.91. The summed E-state index contributed by atoms with van der Waals surface area (Å²) in [4.78, 5) is 22.1. The second-order valence-electron chi connectivity index (χ2n) is 6.53. The van der Waals surface area contributed by atoms with Gasteiger partial charge >= 0.3 is 0 Å². The third-order valence-electron chi connectivity index (χ3n) is 4.18. The maximum Gasteiger partial charge on any atom is 0.274 e. The van der Waals surface area contributed by atoms with Gasteiger partial charge in [-0.25, -0.2) is 15.1 Å². The molecule has 0 radical (unpaired) electrons. The first kappa shape index (κ1) is 18.1. The van der Waals surface area contributed by atoms with Crippen LogP contribution in [0.3, 0.4) is 0 Å². The molecule has 3 rings (SSSR count). The number of ether oxygens (including phenoxy) is 1. The number of hydrogen-bond acceptors (Lipinski definition) is 7. The number of fused-ring (bicyclic) bond motifs is 1. The topological polar surface area (TPSA) is 140 Å². The van der Waals surface area contributed by atoms with Crippen LogP contribution in [0.15, 0.2) is 6.33 Å². The molecular weight excluding hydrogens is 372 g/mol. The molecule has 138 valence electrons. The van der Waals surface area contributed by atoms with Crippen LogP contribution in [0, 0.1) is 5.92 Å². The van der Waals surface area contributed by atoms with E-state index in [1.54, 1.807) is 13.8 Å². The first-order valence-electron chi connectivity index (χ1n) is 7.57. The molecule has 2 aliphatic heterocycles. The van der Waals surface area contributed by atoms with E-state index in [4.69, 9.17) is 21.5 Å². The maximum atomic E-state index is 12.0. The molecule has 2 aliphatic rings. The molecule has 0 bridgehead atoms. The van der Waals surface area contributed by atoms with E-state index in [-0.39, 0.29) is 23.5 Å². The molecule has 0 aliphatic carbocycles. The van der Waals surface area contributed by atoms with Gasteiger partial charge in [-0.2, -0.15) is 13.1 Å². The molecule has 2 atom stereocenters. The summed E-state index contributed by atoms with van der Waals surface area (Å²) in [6, 6.07) is -0.454.